The molecule has 0 aliphatic rings. The zero-order chi connectivity index (χ0) is 14.1. The Bertz CT molecular complexity index is 289. The van der Waals surface area contributed by atoms with Crippen LogP contribution in [0.3, 0.4) is 0 Å². The Hall–Kier alpha value is -1.29. The first-order valence-electron chi connectivity index (χ1n) is 3.63. The van der Waals surface area contributed by atoms with Gasteiger partial charge in [0.25, 0.3) is 0 Å². The Kier molecular flexibility index (Phi) is 4.18. The minimum atomic E-state index is -6.45. The van der Waals surface area contributed by atoms with Crippen LogP contribution in [-0.4, -0.2) is 42.1 Å². The Morgan fingerprint density at radius 2 is 1.53 bits per heavy atom. The van der Waals surface area contributed by atoms with E-state index in [0.717, 1.165) is 0 Å². The second kappa shape index (κ2) is 4.53. The Morgan fingerprint density at radius 1 is 1.12 bits per heavy atom. The van der Waals surface area contributed by atoms with E-state index in [2.05, 4.69) is 4.74 Å². The molecular weight excluding hydrogens is 272 g/mol. The van der Waals surface area contributed by atoms with E-state index < -0.39 is 37.0 Å². The lowest BCUT2D eigenvalue weighted by Crippen LogP contribution is -2.59. The zero-order valence-electron chi connectivity index (χ0n) is 7.57. The summed E-state index contributed by atoms with van der Waals surface area (Å²) in [5.41, 5.74) is 0. The highest BCUT2D eigenvalue weighted by molar-refractivity contribution is 5.56. The smallest absolute Gasteiger partial charge is 0.450 e. The summed E-state index contributed by atoms with van der Waals surface area (Å²) >= 11 is 0. The van der Waals surface area contributed by atoms with Crippen LogP contribution in [0.1, 0.15) is 0 Å². The first-order valence-corrected chi connectivity index (χ1v) is 3.63. The average Bonchev–Trinajstić information content (AvgIpc) is 2.14. The Labute approximate surface area is 88.0 Å². The van der Waals surface area contributed by atoms with Crippen molar-refractivity contribution in [1.82, 2.24) is 0 Å². The van der Waals surface area contributed by atoms with Crippen molar-refractivity contribution in [3.63, 3.8) is 0 Å². The predicted octanol–water partition coefficient (Wildman–Crippen LogP) is 2.85. The van der Waals surface area contributed by atoms with Gasteiger partial charge in [-0.1, -0.05) is 0 Å². The Balaban J connectivity index is 5.08. The fourth-order valence-electron chi connectivity index (χ4n) is 0.624. The van der Waals surface area contributed by atoms with Crippen LogP contribution in [0.4, 0.5) is 39.9 Å². The SMILES string of the molecule is O=C(O)OCC(F)(F)C(F)(F)C(F)(F)C(F)F. The van der Waals surface area contributed by atoms with Crippen molar-refractivity contribution in [2.75, 3.05) is 6.61 Å². The summed E-state index contributed by atoms with van der Waals surface area (Å²) in [5.74, 6) is -18.5. The maximum absolute atomic E-state index is 12.5. The predicted molar refractivity (Wildman–Crippen MR) is 34.8 cm³/mol. The molecule has 1 N–H and O–H groups in total. The molecule has 0 aliphatic heterocycles. The van der Waals surface area contributed by atoms with Crippen LogP contribution in [0.25, 0.3) is 0 Å². The molecule has 0 aromatic carbocycles. The van der Waals surface area contributed by atoms with Gasteiger partial charge in [0, 0.05) is 0 Å². The van der Waals surface area contributed by atoms with E-state index in [9.17, 15) is 39.9 Å². The average molecular weight is 276 g/mol. The van der Waals surface area contributed by atoms with Crippen LogP contribution in [0.15, 0.2) is 0 Å². The molecule has 0 saturated heterocycles. The lowest BCUT2D eigenvalue weighted by atomic mass is 10.1. The second-order valence-corrected chi connectivity index (χ2v) is 2.76. The summed E-state index contributed by atoms with van der Waals surface area (Å²) in [4.78, 5) is 9.62. The summed E-state index contributed by atoms with van der Waals surface area (Å²) in [6.45, 7) is -2.67. The number of alkyl halides is 8. The molecule has 0 aliphatic carbocycles. The normalized spacial score (nSPS) is 13.9. The van der Waals surface area contributed by atoms with Gasteiger partial charge in [-0.05, 0) is 0 Å². The number of carbonyl (C=O) groups is 1. The summed E-state index contributed by atoms with van der Waals surface area (Å²) < 4.78 is 100. The third kappa shape index (κ3) is 2.88. The van der Waals surface area contributed by atoms with Crippen molar-refractivity contribution in [3.05, 3.63) is 0 Å². The van der Waals surface area contributed by atoms with Gasteiger partial charge in [0.15, 0.2) is 6.61 Å². The van der Waals surface area contributed by atoms with Crippen molar-refractivity contribution in [2.45, 2.75) is 24.2 Å². The zero-order valence-corrected chi connectivity index (χ0v) is 7.57. The number of rotatable bonds is 5. The molecule has 0 bridgehead atoms. The molecule has 0 aromatic heterocycles. The van der Waals surface area contributed by atoms with E-state index in [1.807, 2.05) is 0 Å². The van der Waals surface area contributed by atoms with Gasteiger partial charge in [-0.25, -0.2) is 13.6 Å². The van der Waals surface area contributed by atoms with Gasteiger partial charge in [-0.2, -0.15) is 26.3 Å². The molecule has 0 amide bonds. The van der Waals surface area contributed by atoms with E-state index in [4.69, 9.17) is 5.11 Å². The molecule has 0 unspecified atom stereocenters. The van der Waals surface area contributed by atoms with Gasteiger partial charge in [-0.15, -0.1) is 0 Å². The fraction of sp³-hybridized carbons (Fsp3) is 0.833. The minimum absolute atomic E-state index is 2.44. The molecule has 0 heterocycles. The molecule has 11 heteroatoms. The number of halogens is 8. The molecule has 17 heavy (non-hydrogen) atoms. The molecule has 3 nitrogen and oxygen atoms in total. The Morgan fingerprint density at radius 3 is 1.82 bits per heavy atom. The summed E-state index contributed by atoms with van der Waals surface area (Å²) in [6, 6.07) is 0. The van der Waals surface area contributed by atoms with Crippen LogP contribution in [0.5, 0.6) is 0 Å². The van der Waals surface area contributed by atoms with Gasteiger partial charge in [0.05, 0.1) is 0 Å². The quantitative estimate of drug-likeness (QED) is 0.620. The molecule has 0 saturated carbocycles. The van der Waals surface area contributed by atoms with Crippen LogP contribution in [0.2, 0.25) is 0 Å². The summed E-state index contributed by atoms with van der Waals surface area (Å²) in [5, 5.41) is 7.72. The van der Waals surface area contributed by atoms with Crippen LogP contribution in [0, 0.1) is 0 Å². The fourth-order valence-corrected chi connectivity index (χ4v) is 0.624. The molecule has 0 fully saturated rings. The number of carboxylic acid groups (broad SMARTS) is 1. The standard InChI is InChI=1S/C6H4F8O3/c7-2(8)5(11,12)6(13,14)4(9,10)1-17-3(15)16/h2H,1H2,(H,15,16). The number of ether oxygens (including phenoxy) is 1. The van der Waals surface area contributed by atoms with Gasteiger partial charge in [0.2, 0.25) is 0 Å². The first kappa shape index (κ1) is 15.7. The van der Waals surface area contributed by atoms with E-state index >= 15 is 0 Å². The van der Waals surface area contributed by atoms with E-state index in [0.29, 0.717) is 0 Å². The highest BCUT2D eigenvalue weighted by atomic mass is 19.4. The molecule has 0 rings (SSSR count). The van der Waals surface area contributed by atoms with Crippen molar-refractivity contribution in [2.24, 2.45) is 0 Å². The van der Waals surface area contributed by atoms with Crippen molar-refractivity contribution in [3.8, 4) is 0 Å². The maximum atomic E-state index is 12.5. The van der Waals surface area contributed by atoms with Crippen LogP contribution >= 0.6 is 0 Å². The maximum Gasteiger partial charge on any atom is 0.505 e. The molecular formula is C6H4F8O3. The highest BCUT2D eigenvalue weighted by Crippen LogP contribution is 2.48. The molecule has 0 aromatic rings. The molecule has 0 spiro atoms. The van der Waals surface area contributed by atoms with Gasteiger partial charge in [-0.3, -0.25) is 0 Å². The number of hydrogen-bond donors (Lipinski definition) is 1. The summed E-state index contributed by atoms with van der Waals surface area (Å²) in [7, 11) is 0. The minimum Gasteiger partial charge on any atom is -0.450 e. The topological polar surface area (TPSA) is 46.5 Å². The summed E-state index contributed by atoms with van der Waals surface area (Å²) in [6.07, 6.45) is -7.49. The van der Waals surface area contributed by atoms with Gasteiger partial charge < -0.3 is 9.84 Å². The van der Waals surface area contributed by atoms with Crippen molar-refractivity contribution in [1.29, 1.82) is 0 Å². The van der Waals surface area contributed by atoms with E-state index in [1.165, 1.54) is 0 Å². The first-order chi connectivity index (χ1) is 7.36. The van der Waals surface area contributed by atoms with Crippen molar-refractivity contribution >= 4 is 6.16 Å². The van der Waals surface area contributed by atoms with E-state index in [-0.39, 0.29) is 0 Å². The monoisotopic (exact) mass is 276 g/mol. The van der Waals surface area contributed by atoms with Crippen molar-refractivity contribution < 1.29 is 49.8 Å². The number of hydrogen-bond acceptors (Lipinski definition) is 2. The van der Waals surface area contributed by atoms with Gasteiger partial charge >= 0.3 is 30.3 Å². The highest BCUT2D eigenvalue weighted by Gasteiger charge is 2.75. The lowest BCUT2D eigenvalue weighted by Gasteiger charge is -2.31. The van der Waals surface area contributed by atoms with Crippen LogP contribution in [-0.2, 0) is 4.74 Å². The molecule has 0 atom stereocenters. The third-order valence-corrected chi connectivity index (χ3v) is 1.53. The van der Waals surface area contributed by atoms with E-state index in [1.54, 1.807) is 0 Å². The molecule has 102 valence electrons. The van der Waals surface area contributed by atoms with Crippen LogP contribution < -0.4 is 0 Å². The lowest BCUT2D eigenvalue weighted by molar-refractivity contribution is -0.343. The largest absolute Gasteiger partial charge is 0.505 e. The second-order valence-electron chi connectivity index (χ2n) is 2.76. The van der Waals surface area contributed by atoms with Gasteiger partial charge in [0.1, 0.15) is 0 Å². The third-order valence-electron chi connectivity index (χ3n) is 1.53. The molecule has 0 radical (unpaired) electrons.